The SMILES string of the molecule is CC(C)(C)OC(=O)N1CCC(OCc2cn[nH]n2)CC1. The van der Waals surface area contributed by atoms with E-state index < -0.39 is 5.60 Å². The summed E-state index contributed by atoms with van der Waals surface area (Å²) in [6.07, 6.45) is 3.20. The fourth-order valence-corrected chi connectivity index (χ4v) is 2.03. The second-order valence-electron chi connectivity index (χ2n) is 5.94. The van der Waals surface area contributed by atoms with Crippen LogP contribution in [0.2, 0.25) is 0 Å². The van der Waals surface area contributed by atoms with Gasteiger partial charge in [-0.1, -0.05) is 0 Å². The third-order valence-corrected chi connectivity index (χ3v) is 3.03. The number of aromatic nitrogens is 3. The minimum atomic E-state index is -0.447. The van der Waals surface area contributed by atoms with Gasteiger partial charge in [-0.3, -0.25) is 0 Å². The Hall–Kier alpha value is -1.63. The van der Waals surface area contributed by atoms with Gasteiger partial charge in [0.05, 0.1) is 18.9 Å². The molecule has 2 heterocycles. The first-order valence-corrected chi connectivity index (χ1v) is 6.88. The number of piperidine rings is 1. The van der Waals surface area contributed by atoms with Crippen LogP contribution in [0.4, 0.5) is 4.79 Å². The zero-order valence-electron chi connectivity index (χ0n) is 12.3. The summed E-state index contributed by atoms with van der Waals surface area (Å²) in [6, 6.07) is 0. The smallest absolute Gasteiger partial charge is 0.410 e. The number of carbonyl (C=O) groups excluding carboxylic acids is 1. The molecule has 1 aliphatic rings. The number of carbonyl (C=O) groups is 1. The molecule has 0 bridgehead atoms. The number of hydrogen-bond donors (Lipinski definition) is 1. The highest BCUT2D eigenvalue weighted by Crippen LogP contribution is 2.18. The number of H-pyrrole nitrogens is 1. The Kier molecular flexibility index (Phi) is 4.59. The van der Waals surface area contributed by atoms with E-state index in [1.54, 1.807) is 11.1 Å². The van der Waals surface area contributed by atoms with Crippen molar-refractivity contribution in [1.29, 1.82) is 0 Å². The molecule has 0 aromatic carbocycles. The zero-order chi connectivity index (χ0) is 14.6. The standard InChI is InChI=1S/C13H22N4O3/c1-13(2,3)20-12(18)17-6-4-11(5-7-17)19-9-10-8-14-16-15-10/h8,11H,4-7,9H2,1-3H3,(H,14,15,16). The lowest BCUT2D eigenvalue weighted by molar-refractivity contribution is -0.0178. The molecule has 1 aliphatic heterocycles. The van der Waals surface area contributed by atoms with Crippen LogP contribution in [0.5, 0.6) is 0 Å². The lowest BCUT2D eigenvalue weighted by Gasteiger charge is -2.33. The Morgan fingerprint density at radius 3 is 2.70 bits per heavy atom. The highest BCUT2D eigenvalue weighted by Gasteiger charge is 2.27. The zero-order valence-corrected chi connectivity index (χ0v) is 12.3. The molecule has 1 aromatic rings. The lowest BCUT2D eigenvalue weighted by atomic mass is 10.1. The first kappa shape index (κ1) is 14.8. The average Bonchev–Trinajstić information content (AvgIpc) is 2.88. The molecular formula is C13H22N4O3. The van der Waals surface area contributed by atoms with Crippen molar-refractivity contribution in [2.75, 3.05) is 13.1 Å². The summed E-state index contributed by atoms with van der Waals surface area (Å²) in [5, 5.41) is 10.2. The highest BCUT2D eigenvalue weighted by molar-refractivity contribution is 5.68. The third-order valence-electron chi connectivity index (χ3n) is 3.03. The second-order valence-corrected chi connectivity index (χ2v) is 5.94. The summed E-state index contributed by atoms with van der Waals surface area (Å²) in [7, 11) is 0. The molecule has 0 saturated carbocycles. The summed E-state index contributed by atoms with van der Waals surface area (Å²) < 4.78 is 11.1. The number of nitrogens with zero attached hydrogens (tertiary/aromatic N) is 3. The maximum atomic E-state index is 11.9. The van der Waals surface area contributed by atoms with Crippen LogP contribution in [0.3, 0.4) is 0 Å². The number of amides is 1. The molecule has 1 N–H and O–H groups in total. The number of hydrogen-bond acceptors (Lipinski definition) is 5. The summed E-state index contributed by atoms with van der Waals surface area (Å²) in [5.74, 6) is 0. The van der Waals surface area contributed by atoms with E-state index in [0.717, 1.165) is 18.5 Å². The second kappa shape index (κ2) is 6.21. The molecule has 0 spiro atoms. The van der Waals surface area contributed by atoms with Crippen molar-refractivity contribution in [1.82, 2.24) is 20.3 Å². The van der Waals surface area contributed by atoms with Crippen LogP contribution in [0.15, 0.2) is 6.20 Å². The van der Waals surface area contributed by atoms with E-state index >= 15 is 0 Å². The maximum absolute atomic E-state index is 11.9. The molecule has 1 aromatic heterocycles. The van der Waals surface area contributed by atoms with Crippen molar-refractivity contribution >= 4 is 6.09 Å². The number of likely N-dealkylation sites (tertiary alicyclic amines) is 1. The Morgan fingerprint density at radius 2 is 2.15 bits per heavy atom. The summed E-state index contributed by atoms with van der Waals surface area (Å²) in [6.45, 7) is 7.40. The number of nitrogens with one attached hydrogen (secondary N) is 1. The molecule has 0 atom stereocenters. The molecular weight excluding hydrogens is 260 g/mol. The van der Waals surface area contributed by atoms with Gasteiger partial charge >= 0.3 is 6.09 Å². The van der Waals surface area contributed by atoms with Gasteiger partial charge in [-0.2, -0.15) is 15.4 Å². The molecule has 1 fully saturated rings. The Bertz CT molecular complexity index is 419. The molecule has 0 unspecified atom stereocenters. The first-order chi connectivity index (χ1) is 9.44. The number of ether oxygens (including phenoxy) is 2. The minimum absolute atomic E-state index is 0.158. The highest BCUT2D eigenvalue weighted by atomic mass is 16.6. The minimum Gasteiger partial charge on any atom is -0.444 e. The first-order valence-electron chi connectivity index (χ1n) is 6.88. The number of rotatable bonds is 3. The Morgan fingerprint density at radius 1 is 1.45 bits per heavy atom. The molecule has 1 saturated heterocycles. The van der Waals surface area contributed by atoms with E-state index in [4.69, 9.17) is 9.47 Å². The van der Waals surface area contributed by atoms with Crippen LogP contribution in [0.1, 0.15) is 39.3 Å². The van der Waals surface area contributed by atoms with E-state index in [9.17, 15) is 4.79 Å². The average molecular weight is 282 g/mol. The van der Waals surface area contributed by atoms with Crippen LogP contribution in [-0.2, 0) is 16.1 Å². The Labute approximate surface area is 118 Å². The van der Waals surface area contributed by atoms with Crippen molar-refractivity contribution in [3.8, 4) is 0 Å². The fourth-order valence-electron chi connectivity index (χ4n) is 2.03. The van der Waals surface area contributed by atoms with E-state index in [0.29, 0.717) is 19.7 Å². The van der Waals surface area contributed by atoms with Gasteiger partial charge in [0.2, 0.25) is 0 Å². The molecule has 112 valence electrons. The third kappa shape index (κ3) is 4.48. The summed E-state index contributed by atoms with van der Waals surface area (Å²) in [4.78, 5) is 13.6. The van der Waals surface area contributed by atoms with Gasteiger partial charge in [0.1, 0.15) is 11.3 Å². The van der Waals surface area contributed by atoms with Crippen LogP contribution >= 0.6 is 0 Å². The van der Waals surface area contributed by atoms with Crippen LogP contribution < -0.4 is 0 Å². The quantitative estimate of drug-likeness (QED) is 0.913. The predicted octanol–water partition coefficient (Wildman–Crippen LogP) is 1.72. The van der Waals surface area contributed by atoms with Crippen molar-refractivity contribution in [2.45, 2.75) is 51.9 Å². The molecule has 20 heavy (non-hydrogen) atoms. The van der Waals surface area contributed by atoms with Gasteiger partial charge < -0.3 is 14.4 Å². The van der Waals surface area contributed by atoms with Gasteiger partial charge in [0, 0.05) is 13.1 Å². The van der Waals surface area contributed by atoms with Crippen molar-refractivity contribution < 1.29 is 14.3 Å². The molecule has 2 rings (SSSR count). The van der Waals surface area contributed by atoms with Crippen molar-refractivity contribution in [2.24, 2.45) is 0 Å². The van der Waals surface area contributed by atoms with Crippen LogP contribution in [-0.4, -0.2) is 51.2 Å². The lowest BCUT2D eigenvalue weighted by Crippen LogP contribution is -2.43. The Balaban J connectivity index is 1.71. The van der Waals surface area contributed by atoms with Gasteiger partial charge in [-0.25, -0.2) is 4.79 Å². The van der Waals surface area contributed by atoms with Gasteiger partial charge in [0.15, 0.2) is 0 Å². The van der Waals surface area contributed by atoms with E-state index in [1.807, 2.05) is 20.8 Å². The largest absolute Gasteiger partial charge is 0.444 e. The maximum Gasteiger partial charge on any atom is 0.410 e. The summed E-state index contributed by atoms with van der Waals surface area (Å²) >= 11 is 0. The molecule has 1 amide bonds. The van der Waals surface area contributed by atoms with E-state index in [-0.39, 0.29) is 12.2 Å². The molecule has 7 nitrogen and oxygen atoms in total. The monoisotopic (exact) mass is 282 g/mol. The summed E-state index contributed by atoms with van der Waals surface area (Å²) in [5.41, 5.74) is 0.344. The van der Waals surface area contributed by atoms with Gasteiger partial charge in [-0.15, -0.1) is 0 Å². The number of aromatic amines is 1. The van der Waals surface area contributed by atoms with Gasteiger partial charge in [-0.05, 0) is 33.6 Å². The molecule has 0 aliphatic carbocycles. The predicted molar refractivity (Wildman–Crippen MR) is 72.0 cm³/mol. The van der Waals surface area contributed by atoms with E-state index in [2.05, 4.69) is 15.4 Å². The van der Waals surface area contributed by atoms with Gasteiger partial charge in [0.25, 0.3) is 0 Å². The van der Waals surface area contributed by atoms with Crippen molar-refractivity contribution in [3.63, 3.8) is 0 Å². The van der Waals surface area contributed by atoms with Crippen LogP contribution in [0.25, 0.3) is 0 Å². The van der Waals surface area contributed by atoms with Crippen LogP contribution in [0, 0.1) is 0 Å². The topological polar surface area (TPSA) is 80.3 Å². The molecule has 7 heteroatoms. The molecule has 0 radical (unpaired) electrons. The fraction of sp³-hybridized carbons (Fsp3) is 0.769. The normalized spacial score (nSPS) is 17.2. The van der Waals surface area contributed by atoms with Crippen molar-refractivity contribution in [3.05, 3.63) is 11.9 Å². The van der Waals surface area contributed by atoms with E-state index in [1.165, 1.54) is 0 Å².